The Hall–Kier alpha value is -2.96. The molecule has 0 fully saturated rings. The fourth-order valence-corrected chi connectivity index (χ4v) is 2.26. The number of rotatable bonds is 6. The lowest BCUT2D eigenvalue weighted by atomic mass is 10.1. The molecule has 25 heavy (non-hydrogen) atoms. The predicted molar refractivity (Wildman–Crippen MR) is 93.4 cm³/mol. The van der Waals surface area contributed by atoms with Gasteiger partial charge in [-0.1, -0.05) is 6.07 Å². The first-order chi connectivity index (χ1) is 12.1. The third-order valence-corrected chi connectivity index (χ3v) is 3.62. The van der Waals surface area contributed by atoms with Crippen molar-refractivity contribution in [3.05, 3.63) is 47.9 Å². The maximum absolute atomic E-state index is 12.0. The summed E-state index contributed by atoms with van der Waals surface area (Å²) < 4.78 is 20.8. The van der Waals surface area contributed by atoms with E-state index >= 15 is 0 Å². The van der Waals surface area contributed by atoms with E-state index in [4.69, 9.17) is 18.6 Å². The lowest BCUT2D eigenvalue weighted by molar-refractivity contribution is 0.0970. The van der Waals surface area contributed by atoms with Crippen LogP contribution in [0.3, 0.4) is 0 Å². The molecule has 0 N–H and O–H groups in total. The molecule has 1 aromatic heterocycles. The molecular weight excluding hydrogens is 324 g/mol. The maximum Gasteiger partial charge on any atom is 0.317 e. The van der Waals surface area contributed by atoms with Crippen molar-refractivity contribution in [1.29, 1.82) is 0 Å². The number of ether oxygens (including phenoxy) is 3. The smallest absolute Gasteiger partial charge is 0.317 e. The van der Waals surface area contributed by atoms with E-state index in [1.54, 1.807) is 38.3 Å². The van der Waals surface area contributed by atoms with E-state index in [0.717, 1.165) is 5.56 Å². The van der Waals surface area contributed by atoms with E-state index < -0.39 is 5.91 Å². The first kappa shape index (κ1) is 18.4. The fourth-order valence-electron chi connectivity index (χ4n) is 2.26. The molecule has 7 heteroatoms. The van der Waals surface area contributed by atoms with Crippen molar-refractivity contribution in [3.8, 4) is 11.5 Å². The molecule has 0 aliphatic carbocycles. The third-order valence-electron chi connectivity index (χ3n) is 3.62. The molecule has 0 unspecified atom stereocenters. The zero-order chi connectivity index (χ0) is 18.2. The largest absolute Gasteiger partial charge is 0.493 e. The topological polar surface area (TPSA) is 73.5 Å². The van der Waals surface area contributed by atoms with Gasteiger partial charge in [-0.05, 0) is 36.2 Å². The van der Waals surface area contributed by atoms with Gasteiger partial charge in [0.15, 0.2) is 17.3 Å². The number of methoxy groups -OCH3 is 3. The molecule has 0 radical (unpaired) electrons. The summed E-state index contributed by atoms with van der Waals surface area (Å²) in [6.45, 7) is 0.605. The summed E-state index contributed by atoms with van der Waals surface area (Å²) in [5.41, 5.74) is 1.07. The molecule has 1 heterocycles. The van der Waals surface area contributed by atoms with Crippen molar-refractivity contribution in [1.82, 2.24) is 4.90 Å². The molecular formula is C18H22N2O5. The summed E-state index contributed by atoms with van der Waals surface area (Å²) in [5, 5.41) is 0. The molecule has 7 nitrogen and oxygen atoms in total. The number of carbonyl (C=O) groups is 1. The van der Waals surface area contributed by atoms with E-state index in [1.807, 2.05) is 18.2 Å². The Labute approximate surface area is 146 Å². The minimum absolute atomic E-state index is 0.169. The molecule has 0 aliphatic rings. The summed E-state index contributed by atoms with van der Waals surface area (Å²) in [4.78, 5) is 17.7. The molecule has 0 atom stereocenters. The normalized spacial score (nSPS) is 11.1. The Balaban J connectivity index is 2.02. The molecule has 0 spiro atoms. The summed E-state index contributed by atoms with van der Waals surface area (Å²) >= 11 is 0. The summed E-state index contributed by atoms with van der Waals surface area (Å²) in [7, 11) is 6.48. The van der Waals surface area contributed by atoms with Crippen LogP contribution in [0.4, 0.5) is 0 Å². The predicted octanol–water partition coefficient (Wildman–Crippen LogP) is 2.61. The van der Waals surface area contributed by atoms with Crippen molar-refractivity contribution in [3.63, 3.8) is 0 Å². The van der Waals surface area contributed by atoms with E-state index in [9.17, 15) is 4.79 Å². The van der Waals surface area contributed by atoms with Crippen LogP contribution in [-0.2, 0) is 11.2 Å². The van der Waals surface area contributed by atoms with E-state index in [0.29, 0.717) is 24.5 Å². The monoisotopic (exact) mass is 346 g/mol. The number of hydrogen-bond donors (Lipinski definition) is 0. The van der Waals surface area contributed by atoms with Crippen LogP contribution in [0.25, 0.3) is 0 Å². The van der Waals surface area contributed by atoms with E-state index in [1.165, 1.54) is 13.4 Å². The van der Waals surface area contributed by atoms with Gasteiger partial charge in [-0.25, -0.2) is 0 Å². The van der Waals surface area contributed by atoms with Crippen molar-refractivity contribution in [2.75, 3.05) is 34.9 Å². The van der Waals surface area contributed by atoms with Crippen LogP contribution in [-0.4, -0.2) is 51.8 Å². The molecule has 1 aromatic carbocycles. The third kappa shape index (κ3) is 4.76. The number of amides is 1. The van der Waals surface area contributed by atoms with Crippen LogP contribution >= 0.6 is 0 Å². The average molecular weight is 346 g/mol. The number of furan rings is 1. The molecule has 134 valence electrons. The Morgan fingerprint density at radius 3 is 2.52 bits per heavy atom. The highest BCUT2D eigenvalue weighted by atomic mass is 16.5. The molecule has 0 saturated carbocycles. The SMILES string of the molecule is COC(=NC(=O)c1ccco1)N(C)CCc1ccc(OC)c(OC)c1. The fraction of sp³-hybridized carbons (Fsp3) is 0.333. The minimum atomic E-state index is -0.486. The number of nitrogens with zero attached hydrogens (tertiary/aromatic N) is 2. The van der Waals surface area contributed by atoms with Gasteiger partial charge in [0.05, 0.1) is 27.6 Å². The first-order valence-corrected chi connectivity index (χ1v) is 7.71. The van der Waals surface area contributed by atoms with Gasteiger partial charge in [0, 0.05) is 13.6 Å². The standard InChI is InChI=1S/C18H22N2O5/c1-20(18(24-4)19-17(21)15-6-5-11-25-15)10-9-13-7-8-14(22-2)16(12-13)23-3/h5-8,11-12H,9-10H2,1-4H3. The van der Waals surface area contributed by atoms with Gasteiger partial charge in [-0.3, -0.25) is 4.79 Å². The van der Waals surface area contributed by atoms with Crippen LogP contribution in [0.5, 0.6) is 11.5 Å². The first-order valence-electron chi connectivity index (χ1n) is 7.71. The zero-order valence-corrected chi connectivity index (χ0v) is 14.8. The Kier molecular flexibility index (Phi) is 6.45. The van der Waals surface area contributed by atoms with Gasteiger partial charge in [0.25, 0.3) is 6.02 Å². The summed E-state index contributed by atoms with van der Waals surface area (Å²) in [6, 6.07) is 9.16. The second-order valence-electron chi connectivity index (χ2n) is 5.24. The average Bonchev–Trinajstić information content (AvgIpc) is 3.18. The maximum atomic E-state index is 12.0. The highest BCUT2D eigenvalue weighted by Crippen LogP contribution is 2.27. The number of likely N-dealkylation sites (N-methyl/N-ethyl adjacent to an activating group) is 1. The quantitative estimate of drug-likeness (QED) is 0.591. The Morgan fingerprint density at radius 1 is 1.16 bits per heavy atom. The Morgan fingerprint density at radius 2 is 1.92 bits per heavy atom. The molecule has 2 aromatic rings. The van der Waals surface area contributed by atoms with Gasteiger partial charge in [-0.2, -0.15) is 4.99 Å². The highest BCUT2D eigenvalue weighted by molar-refractivity contribution is 5.99. The second-order valence-corrected chi connectivity index (χ2v) is 5.24. The highest BCUT2D eigenvalue weighted by Gasteiger charge is 2.14. The number of benzene rings is 1. The molecule has 0 aliphatic heterocycles. The second kappa shape index (κ2) is 8.77. The van der Waals surface area contributed by atoms with E-state index in [2.05, 4.69) is 4.99 Å². The molecule has 1 amide bonds. The zero-order valence-electron chi connectivity index (χ0n) is 14.8. The van der Waals surface area contributed by atoms with Gasteiger partial charge in [0.1, 0.15) is 0 Å². The minimum Gasteiger partial charge on any atom is -0.493 e. The van der Waals surface area contributed by atoms with Gasteiger partial charge >= 0.3 is 5.91 Å². The van der Waals surface area contributed by atoms with Crippen LogP contribution in [0.1, 0.15) is 16.1 Å². The molecule has 0 bridgehead atoms. The van der Waals surface area contributed by atoms with E-state index in [-0.39, 0.29) is 11.8 Å². The van der Waals surface area contributed by atoms with Crippen LogP contribution < -0.4 is 9.47 Å². The van der Waals surface area contributed by atoms with Crippen molar-refractivity contribution in [2.24, 2.45) is 4.99 Å². The lowest BCUT2D eigenvalue weighted by Crippen LogP contribution is -2.31. The number of carbonyl (C=O) groups excluding carboxylic acids is 1. The van der Waals surface area contributed by atoms with Gasteiger partial charge < -0.3 is 23.5 Å². The van der Waals surface area contributed by atoms with Crippen molar-refractivity contribution in [2.45, 2.75) is 6.42 Å². The lowest BCUT2D eigenvalue weighted by Gasteiger charge is -2.19. The van der Waals surface area contributed by atoms with Crippen LogP contribution in [0, 0.1) is 0 Å². The summed E-state index contributed by atoms with van der Waals surface area (Å²) in [6.07, 6.45) is 2.14. The van der Waals surface area contributed by atoms with Crippen LogP contribution in [0.2, 0.25) is 0 Å². The van der Waals surface area contributed by atoms with Crippen molar-refractivity contribution < 1.29 is 23.4 Å². The Bertz CT molecular complexity index is 725. The number of hydrogen-bond acceptors (Lipinski definition) is 5. The van der Waals surface area contributed by atoms with Crippen molar-refractivity contribution >= 4 is 11.9 Å². The van der Waals surface area contributed by atoms with Crippen LogP contribution in [0.15, 0.2) is 46.0 Å². The number of amidine groups is 1. The van der Waals surface area contributed by atoms with Gasteiger partial charge in [0.2, 0.25) is 0 Å². The number of aliphatic imine (C=N–C) groups is 1. The van der Waals surface area contributed by atoms with Gasteiger partial charge in [-0.15, -0.1) is 0 Å². The summed E-state index contributed by atoms with van der Waals surface area (Å²) in [5.74, 6) is 1.04. The molecule has 0 saturated heterocycles. The molecule has 2 rings (SSSR count).